The molecule has 0 atom stereocenters. The van der Waals surface area contributed by atoms with Crippen LogP contribution in [0.5, 0.6) is 11.8 Å². The average molecular weight is 382 g/mol. The maximum absolute atomic E-state index is 12.6. The number of pyridine rings is 2. The molecular weight excluding hydrogens is 364 g/mol. The zero-order valence-corrected chi connectivity index (χ0v) is 15.8. The van der Waals surface area contributed by atoms with Gasteiger partial charge in [0.15, 0.2) is 11.4 Å². The fraction of sp³-hybridized carbons (Fsp3) is 0.333. The van der Waals surface area contributed by atoms with Gasteiger partial charge in [0, 0.05) is 24.2 Å². The molecule has 2 aromatic heterocycles. The van der Waals surface area contributed by atoms with Gasteiger partial charge in [0.1, 0.15) is 23.3 Å². The first-order valence-electron chi connectivity index (χ1n) is 8.39. The lowest BCUT2D eigenvalue weighted by Crippen LogP contribution is -2.21. The molecule has 144 valence electrons. The second kappa shape index (κ2) is 7.76. The van der Waals surface area contributed by atoms with Crippen LogP contribution < -0.4 is 11.1 Å². The van der Waals surface area contributed by atoms with E-state index in [0.29, 0.717) is 0 Å². The zero-order valence-electron chi connectivity index (χ0n) is 15.8. The van der Waals surface area contributed by atoms with Gasteiger partial charge in [0.05, 0.1) is 0 Å². The van der Waals surface area contributed by atoms with Crippen molar-refractivity contribution in [2.75, 3.05) is 0 Å². The molecule has 0 saturated heterocycles. The number of hydrogen-bond donors (Lipinski definition) is 2. The van der Waals surface area contributed by atoms with Gasteiger partial charge in [-0.25, -0.2) is 0 Å². The summed E-state index contributed by atoms with van der Waals surface area (Å²) in [7, 11) is 0. The predicted molar refractivity (Wildman–Crippen MR) is 99.2 cm³/mol. The number of nitriles is 2. The largest absolute Gasteiger partial charge is 0.493 e. The van der Waals surface area contributed by atoms with Crippen LogP contribution in [-0.4, -0.2) is 19.3 Å². The molecule has 0 unspecified atom stereocenters. The molecule has 2 rings (SSSR count). The van der Waals surface area contributed by atoms with Crippen LogP contribution >= 0.6 is 0 Å². The number of rotatable bonds is 4. The van der Waals surface area contributed by atoms with Crippen molar-refractivity contribution in [3.8, 4) is 23.9 Å². The molecule has 0 spiro atoms. The number of nitrogens with zero attached hydrogens (tertiary/aromatic N) is 6. The summed E-state index contributed by atoms with van der Waals surface area (Å²) in [6.45, 7) is 6.29. The lowest BCUT2D eigenvalue weighted by molar-refractivity contribution is 0.408. The molecule has 0 aromatic carbocycles. The molecule has 0 aliphatic rings. The average Bonchev–Trinajstić information content (AvgIpc) is 2.65. The van der Waals surface area contributed by atoms with E-state index in [4.69, 9.17) is 0 Å². The van der Waals surface area contributed by atoms with Crippen LogP contribution in [-0.2, 0) is 13.1 Å². The molecule has 0 radical (unpaired) electrons. The van der Waals surface area contributed by atoms with Crippen LogP contribution in [0.1, 0.15) is 36.1 Å². The van der Waals surface area contributed by atoms with Crippen LogP contribution in [0, 0.1) is 36.5 Å². The molecular formula is C18H18N6O4. The maximum Gasteiger partial charge on any atom is 0.281 e. The summed E-state index contributed by atoms with van der Waals surface area (Å²) >= 11 is 0. The Morgan fingerprint density at radius 3 is 1.39 bits per heavy atom. The van der Waals surface area contributed by atoms with Crippen molar-refractivity contribution in [3.63, 3.8) is 0 Å². The molecule has 0 saturated carbocycles. The van der Waals surface area contributed by atoms with E-state index in [2.05, 4.69) is 10.2 Å². The predicted octanol–water partition coefficient (Wildman–Crippen LogP) is 2.24. The van der Waals surface area contributed by atoms with Gasteiger partial charge in [-0.05, 0) is 27.7 Å². The maximum atomic E-state index is 12.6. The molecule has 0 amide bonds. The van der Waals surface area contributed by atoms with Gasteiger partial charge >= 0.3 is 0 Å². The highest BCUT2D eigenvalue weighted by Crippen LogP contribution is 2.29. The zero-order chi connectivity index (χ0) is 21.2. The highest BCUT2D eigenvalue weighted by Gasteiger charge is 2.20. The lowest BCUT2D eigenvalue weighted by Gasteiger charge is -2.12. The smallest absolute Gasteiger partial charge is 0.281 e. The Bertz CT molecular complexity index is 1100. The number of azo groups is 1. The van der Waals surface area contributed by atoms with E-state index in [9.17, 15) is 30.3 Å². The van der Waals surface area contributed by atoms with E-state index in [1.54, 1.807) is 13.8 Å². The fourth-order valence-electron chi connectivity index (χ4n) is 2.80. The van der Waals surface area contributed by atoms with Crippen molar-refractivity contribution in [1.29, 1.82) is 10.5 Å². The van der Waals surface area contributed by atoms with E-state index in [-0.39, 0.29) is 46.7 Å². The minimum Gasteiger partial charge on any atom is -0.493 e. The van der Waals surface area contributed by atoms with Gasteiger partial charge in [-0.3, -0.25) is 18.7 Å². The summed E-state index contributed by atoms with van der Waals surface area (Å²) in [5.41, 5.74) is -1.77. The standard InChI is InChI=1S/C18H18N6O4/c1-5-23-15(25)11(7-19)9(3)13(17(23)27)21-22-14-10(4)12(8-20)16(26)24(6-2)18(14)28/h25-26H,5-6H2,1-4H3. The van der Waals surface area contributed by atoms with E-state index in [1.807, 2.05) is 12.1 Å². The van der Waals surface area contributed by atoms with Crippen molar-refractivity contribution in [1.82, 2.24) is 9.13 Å². The molecule has 28 heavy (non-hydrogen) atoms. The summed E-state index contributed by atoms with van der Waals surface area (Å²) in [5.74, 6) is -0.931. The Balaban J connectivity index is 2.83. The molecule has 0 aliphatic carbocycles. The molecule has 2 aromatic rings. The molecule has 2 N–H and O–H groups in total. The van der Waals surface area contributed by atoms with Gasteiger partial charge in [-0.15, -0.1) is 10.2 Å². The van der Waals surface area contributed by atoms with Gasteiger partial charge in [-0.1, -0.05) is 0 Å². The third kappa shape index (κ3) is 3.01. The number of aromatic hydroxyl groups is 2. The quantitative estimate of drug-likeness (QED) is 0.772. The Labute approximate surface area is 159 Å². The van der Waals surface area contributed by atoms with Crippen molar-refractivity contribution in [3.05, 3.63) is 43.0 Å². The summed E-state index contributed by atoms with van der Waals surface area (Å²) in [5, 5.41) is 46.4. The SMILES string of the molecule is CCn1c(O)c(C#N)c(C)c(N=Nc2c(C)c(C#N)c(O)n(CC)c2=O)c1=O. The summed E-state index contributed by atoms with van der Waals surface area (Å²) < 4.78 is 1.93. The molecule has 10 nitrogen and oxygen atoms in total. The van der Waals surface area contributed by atoms with Gasteiger partial charge in [0.2, 0.25) is 11.8 Å². The number of hydrogen-bond acceptors (Lipinski definition) is 8. The minimum absolute atomic E-state index is 0.0988. The van der Waals surface area contributed by atoms with E-state index in [0.717, 1.165) is 9.13 Å². The van der Waals surface area contributed by atoms with Crippen LogP contribution in [0.2, 0.25) is 0 Å². The molecule has 0 bridgehead atoms. The van der Waals surface area contributed by atoms with E-state index >= 15 is 0 Å². The van der Waals surface area contributed by atoms with Crippen LogP contribution in [0.15, 0.2) is 19.8 Å². The first kappa shape index (κ1) is 20.4. The summed E-state index contributed by atoms with van der Waals surface area (Å²) in [6.07, 6.45) is 0. The molecule has 0 fully saturated rings. The second-order valence-corrected chi connectivity index (χ2v) is 5.87. The van der Waals surface area contributed by atoms with Gasteiger partial charge in [0.25, 0.3) is 11.1 Å². The fourth-order valence-corrected chi connectivity index (χ4v) is 2.80. The van der Waals surface area contributed by atoms with E-state index in [1.165, 1.54) is 13.8 Å². The highest BCUT2D eigenvalue weighted by molar-refractivity contribution is 5.59. The number of aromatic nitrogens is 2. The van der Waals surface area contributed by atoms with Crippen molar-refractivity contribution < 1.29 is 10.2 Å². The highest BCUT2D eigenvalue weighted by atomic mass is 16.3. The van der Waals surface area contributed by atoms with E-state index < -0.39 is 22.9 Å². The van der Waals surface area contributed by atoms with Gasteiger partial charge in [-0.2, -0.15) is 10.5 Å². The summed E-state index contributed by atoms with van der Waals surface area (Å²) in [6, 6.07) is 3.63. The monoisotopic (exact) mass is 382 g/mol. The van der Waals surface area contributed by atoms with Crippen molar-refractivity contribution >= 4 is 11.4 Å². The molecule has 2 heterocycles. The first-order valence-corrected chi connectivity index (χ1v) is 8.39. The third-order valence-corrected chi connectivity index (χ3v) is 4.42. The van der Waals surface area contributed by atoms with Crippen molar-refractivity contribution in [2.24, 2.45) is 10.2 Å². The Kier molecular flexibility index (Phi) is 5.65. The Morgan fingerprint density at radius 2 is 1.14 bits per heavy atom. The minimum atomic E-state index is -0.673. The van der Waals surface area contributed by atoms with Crippen LogP contribution in [0.25, 0.3) is 0 Å². The van der Waals surface area contributed by atoms with Gasteiger partial charge < -0.3 is 10.2 Å². The molecule has 10 heteroatoms. The van der Waals surface area contributed by atoms with Crippen molar-refractivity contribution in [2.45, 2.75) is 40.8 Å². The molecule has 0 aliphatic heterocycles. The Hall–Kier alpha value is -3.92. The topological polar surface area (TPSA) is 157 Å². The lowest BCUT2D eigenvalue weighted by atomic mass is 10.1. The normalized spacial score (nSPS) is 10.8. The third-order valence-electron chi connectivity index (χ3n) is 4.42. The van der Waals surface area contributed by atoms with Crippen LogP contribution in [0.3, 0.4) is 0 Å². The van der Waals surface area contributed by atoms with Crippen LogP contribution in [0.4, 0.5) is 11.4 Å². The first-order chi connectivity index (χ1) is 13.2. The summed E-state index contributed by atoms with van der Waals surface area (Å²) in [4.78, 5) is 25.1. The Morgan fingerprint density at radius 1 is 0.821 bits per heavy atom. The second-order valence-electron chi connectivity index (χ2n) is 5.87.